The van der Waals surface area contributed by atoms with E-state index in [9.17, 15) is 0 Å². The number of halogens is 1. The van der Waals surface area contributed by atoms with E-state index in [1.165, 1.54) is 22.9 Å². The molecule has 2 aromatic rings. The molecule has 0 N–H and O–H groups in total. The van der Waals surface area contributed by atoms with Crippen molar-refractivity contribution in [1.29, 1.82) is 0 Å². The van der Waals surface area contributed by atoms with Crippen LogP contribution in [0.2, 0.25) is 0 Å². The molecular formula is C16H20IP. The summed E-state index contributed by atoms with van der Waals surface area (Å²) in [4.78, 5) is 0. The second-order valence-electron chi connectivity index (χ2n) is 4.68. The van der Waals surface area contributed by atoms with Crippen molar-refractivity contribution in [2.24, 2.45) is 0 Å². The second kappa shape index (κ2) is 5.30. The van der Waals surface area contributed by atoms with Crippen LogP contribution in [0.1, 0.15) is 13.8 Å². The van der Waals surface area contributed by atoms with Crippen molar-refractivity contribution in [3.8, 4) is 0 Å². The molecule has 0 aromatic heterocycles. The van der Waals surface area contributed by atoms with E-state index in [1.54, 1.807) is 0 Å². The van der Waals surface area contributed by atoms with Gasteiger partial charge in [-0.3, -0.25) is 0 Å². The molecule has 0 bridgehead atoms. The molecule has 96 valence electrons. The topological polar surface area (TPSA) is 0 Å². The molecule has 0 spiro atoms. The van der Waals surface area contributed by atoms with Crippen LogP contribution in [-0.4, -0.2) is 12.3 Å². The van der Waals surface area contributed by atoms with Crippen LogP contribution in [-0.2, 0) is 0 Å². The van der Waals surface area contributed by atoms with Crippen molar-refractivity contribution >= 4 is 36.9 Å². The van der Waals surface area contributed by atoms with Crippen LogP contribution < -0.4 is 10.6 Å². The van der Waals surface area contributed by atoms with Gasteiger partial charge >= 0.3 is 124 Å². The Morgan fingerprint density at radius 1 is 0.722 bits per heavy atom. The fourth-order valence-electron chi connectivity index (χ4n) is 2.64. The maximum absolute atomic E-state index is 2.80. The summed E-state index contributed by atoms with van der Waals surface area (Å²) in [5.41, 5.74) is 0. The molecule has 0 fully saturated rings. The Bertz CT molecular complexity index is 460. The van der Waals surface area contributed by atoms with Gasteiger partial charge < -0.3 is 0 Å². The molecule has 2 rings (SSSR count). The van der Waals surface area contributed by atoms with Crippen LogP contribution in [0.25, 0.3) is 0 Å². The van der Waals surface area contributed by atoms with E-state index in [0.717, 1.165) is 0 Å². The van der Waals surface area contributed by atoms with Gasteiger partial charge in [-0.1, -0.05) is 0 Å². The fraction of sp³-hybridized carbons (Fsp3) is 0.250. The molecule has 0 aliphatic heterocycles. The van der Waals surface area contributed by atoms with Crippen molar-refractivity contribution < 1.29 is 0 Å². The van der Waals surface area contributed by atoms with Crippen molar-refractivity contribution in [2.75, 3.05) is 12.3 Å². The van der Waals surface area contributed by atoms with Gasteiger partial charge in [0.05, 0.1) is 0 Å². The third-order valence-corrected chi connectivity index (χ3v) is 17.1. The van der Waals surface area contributed by atoms with E-state index in [0.29, 0.717) is 0 Å². The quantitative estimate of drug-likeness (QED) is 0.546. The molecular weight excluding hydrogens is 350 g/mol. The molecule has 0 atom stereocenters. The number of hydrogen-bond donors (Lipinski definition) is 0. The predicted molar refractivity (Wildman–Crippen MR) is 94.2 cm³/mol. The van der Waals surface area contributed by atoms with E-state index in [1.807, 2.05) is 0 Å². The van der Waals surface area contributed by atoms with Gasteiger partial charge in [0.2, 0.25) is 0 Å². The van der Waals surface area contributed by atoms with E-state index in [2.05, 4.69) is 96.6 Å². The average Bonchev–Trinajstić information content (AvgIpc) is 2.48. The summed E-state index contributed by atoms with van der Waals surface area (Å²) < 4.78 is -2.01. The van der Waals surface area contributed by atoms with Crippen molar-refractivity contribution in [3.63, 3.8) is 0 Å². The van der Waals surface area contributed by atoms with Gasteiger partial charge in [-0.2, -0.15) is 0 Å². The van der Waals surface area contributed by atoms with Crippen LogP contribution in [0.15, 0.2) is 60.7 Å². The Morgan fingerprint density at radius 3 is 1.33 bits per heavy atom. The molecule has 0 aliphatic carbocycles. The number of rotatable bonds is 4. The summed E-state index contributed by atoms with van der Waals surface area (Å²) in [5.74, 6) is 0. The summed E-state index contributed by atoms with van der Waals surface area (Å²) in [7, 11) is 0. The van der Waals surface area contributed by atoms with Crippen LogP contribution in [0.3, 0.4) is 0 Å². The molecule has 0 unspecified atom stereocenters. The number of benzene rings is 2. The SMILES string of the molecule is CCP(I)(CC)(c1ccccc1)c1ccccc1. The summed E-state index contributed by atoms with van der Waals surface area (Å²) in [6, 6.07) is 22.1. The zero-order valence-electron chi connectivity index (χ0n) is 11.0. The Kier molecular flexibility index (Phi) is 4.13. The third kappa shape index (κ3) is 2.12. The summed E-state index contributed by atoms with van der Waals surface area (Å²) in [6.45, 7) is 4.68. The van der Waals surface area contributed by atoms with E-state index >= 15 is 0 Å². The zero-order chi connectivity index (χ0) is 13.1. The summed E-state index contributed by atoms with van der Waals surface area (Å²) in [5, 5.41) is 3.06. The standard InChI is InChI=1S/C16H20IP/c1-3-18(17,4-2,15-11-7-5-8-12-15)16-13-9-6-10-14-16/h5-14H,3-4H2,1-2H3. The van der Waals surface area contributed by atoms with Gasteiger partial charge in [-0.25, -0.2) is 0 Å². The van der Waals surface area contributed by atoms with Crippen molar-refractivity contribution in [1.82, 2.24) is 0 Å². The molecule has 0 nitrogen and oxygen atoms in total. The monoisotopic (exact) mass is 370 g/mol. The third-order valence-electron chi connectivity index (χ3n) is 4.01. The van der Waals surface area contributed by atoms with Gasteiger partial charge in [-0.15, -0.1) is 0 Å². The first-order chi connectivity index (χ1) is 8.64. The van der Waals surface area contributed by atoms with Gasteiger partial charge in [0.1, 0.15) is 0 Å². The average molecular weight is 370 g/mol. The second-order valence-corrected chi connectivity index (χ2v) is 16.7. The zero-order valence-corrected chi connectivity index (χ0v) is 14.1. The van der Waals surface area contributed by atoms with Crippen LogP contribution >= 0.6 is 26.3 Å². The molecule has 0 saturated carbocycles. The molecule has 2 aromatic carbocycles. The first-order valence-electron chi connectivity index (χ1n) is 6.48. The minimum atomic E-state index is -2.01. The molecule has 0 radical (unpaired) electrons. The molecule has 0 aliphatic rings. The fourth-order valence-corrected chi connectivity index (χ4v) is 8.49. The maximum atomic E-state index is 2.80. The Hall–Kier alpha value is -0.400. The van der Waals surface area contributed by atoms with E-state index < -0.39 is 4.25 Å². The Morgan fingerprint density at radius 2 is 1.06 bits per heavy atom. The first kappa shape index (κ1) is 14.0. The van der Waals surface area contributed by atoms with E-state index in [4.69, 9.17) is 0 Å². The van der Waals surface area contributed by atoms with Crippen molar-refractivity contribution in [3.05, 3.63) is 60.7 Å². The predicted octanol–water partition coefficient (Wildman–Crippen LogP) is 4.58. The normalized spacial score (nSPS) is 13.8. The van der Waals surface area contributed by atoms with Gasteiger partial charge in [0.25, 0.3) is 0 Å². The van der Waals surface area contributed by atoms with Crippen molar-refractivity contribution in [2.45, 2.75) is 13.8 Å². The van der Waals surface area contributed by atoms with Crippen LogP contribution in [0, 0.1) is 0 Å². The minimum absolute atomic E-state index is 1.22. The Balaban J connectivity index is 2.71. The molecule has 0 amide bonds. The summed E-state index contributed by atoms with van der Waals surface area (Å²) >= 11 is 2.80. The van der Waals surface area contributed by atoms with Crippen LogP contribution in [0.4, 0.5) is 0 Å². The van der Waals surface area contributed by atoms with E-state index in [-0.39, 0.29) is 0 Å². The summed E-state index contributed by atoms with van der Waals surface area (Å²) in [6.07, 6.45) is 2.44. The first-order valence-corrected chi connectivity index (χ1v) is 11.9. The molecule has 0 saturated heterocycles. The Labute approximate surface area is 123 Å². The molecule has 0 heterocycles. The van der Waals surface area contributed by atoms with Gasteiger partial charge in [0.15, 0.2) is 0 Å². The number of hydrogen-bond acceptors (Lipinski definition) is 0. The van der Waals surface area contributed by atoms with Crippen LogP contribution in [0.5, 0.6) is 0 Å². The molecule has 2 heteroatoms. The van der Waals surface area contributed by atoms with Gasteiger partial charge in [0, 0.05) is 0 Å². The van der Waals surface area contributed by atoms with Gasteiger partial charge in [-0.05, 0) is 0 Å². The molecule has 18 heavy (non-hydrogen) atoms.